The van der Waals surface area contributed by atoms with Crippen LogP contribution >= 0.6 is 0 Å². The molecule has 0 aliphatic carbocycles. The second-order valence-electron chi connectivity index (χ2n) is 9.15. The number of hydrogen-bond donors (Lipinski definition) is 0. The Morgan fingerprint density at radius 2 is 1.56 bits per heavy atom. The minimum absolute atomic E-state index is 0.445. The van der Waals surface area contributed by atoms with E-state index in [1.807, 2.05) is 60.8 Å². The number of benzene rings is 2. The number of carbonyl (C=O) groups is 2. The number of rotatable bonds is 11. The Labute approximate surface area is 227 Å². The topological polar surface area (TPSA) is 95.1 Å². The van der Waals surface area contributed by atoms with Crippen molar-refractivity contribution in [3.8, 4) is 5.69 Å². The average molecular weight is 525 g/mol. The van der Waals surface area contributed by atoms with Gasteiger partial charge in [-0.25, -0.2) is 9.59 Å². The van der Waals surface area contributed by atoms with Crippen LogP contribution in [0.5, 0.6) is 0 Å². The predicted octanol–water partition coefficient (Wildman–Crippen LogP) is 6.58. The van der Waals surface area contributed by atoms with Crippen LogP contribution in [0.15, 0.2) is 89.4 Å². The number of carbonyl (C=O) groups excluding carboxylic acids is 2. The van der Waals surface area contributed by atoms with Crippen LogP contribution in [0.4, 0.5) is 0 Å². The van der Waals surface area contributed by atoms with E-state index >= 15 is 0 Å². The third-order valence-electron chi connectivity index (χ3n) is 6.17. The van der Waals surface area contributed by atoms with E-state index in [0.29, 0.717) is 17.8 Å². The largest absolute Gasteiger partial charge is 0.332 e. The van der Waals surface area contributed by atoms with Crippen LogP contribution in [0.2, 0.25) is 0 Å². The first-order valence-electron chi connectivity index (χ1n) is 13.1. The van der Waals surface area contributed by atoms with Crippen LogP contribution in [-0.4, -0.2) is 32.9 Å². The molecule has 0 unspecified atom stereocenters. The molecule has 200 valence electrons. The number of fused-ring (bicyclic) bond motifs is 1. The van der Waals surface area contributed by atoms with Crippen molar-refractivity contribution >= 4 is 34.3 Å². The highest BCUT2D eigenvalue weighted by Gasteiger charge is 2.16. The smallest absolute Gasteiger partial charge is 0.318 e. The number of oxime groups is 2. The minimum Gasteiger partial charge on any atom is -0.318 e. The normalized spacial score (nSPS) is 12.0. The van der Waals surface area contributed by atoms with Gasteiger partial charge in [-0.3, -0.25) is 4.98 Å². The third-order valence-corrected chi connectivity index (χ3v) is 6.17. The highest BCUT2D eigenvalue weighted by atomic mass is 16.7. The Balaban J connectivity index is 1.73. The molecule has 0 amide bonds. The summed E-state index contributed by atoms with van der Waals surface area (Å²) in [6.07, 6.45) is 8.74. The van der Waals surface area contributed by atoms with Gasteiger partial charge in [0, 0.05) is 48.4 Å². The second kappa shape index (κ2) is 13.3. The van der Waals surface area contributed by atoms with Crippen LogP contribution < -0.4 is 0 Å². The molecule has 4 rings (SSSR count). The predicted molar refractivity (Wildman–Crippen MR) is 152 cm³/mol. The molecule has 0 bridgehead atoms. The maximum Gasteiger partial charge on any atom is 0.332 e. The first kappa shape index (κ1) is 27.4. The van der Waals surface area contributed by atoms with Crippen LogP contribution in [-0.2, 0) is 19.3 Å². The van der Waals surface area contributed by atoms with Gasteiger partial charge in [-0.2, -0.15) is 0 Å². The van der Waals surface area contributed by atoms with Gasteiger partial charge < -0.3 is 14.2 Å². The van der Waals surface area contributed by atoms with Gasteiger partial charge in [0.1, 0.15) is 5.71 Å². The Morgan fingerprint density at radius 1 is 0.846 bits per heavy atom. The van der Waals surface area contributed by atoms with Gasteiger partial charge in [0.05, 0.1) is 16.9 Å². The summed E-state index contributed by atoms with van der Waals surface area (Å²) in [7, 11) is 0. The Morgan fingerprint density at radius 3 is 2.26 bits per heavy atom. The maximum atomic E-state index is 11.5. The molecular weight excluding hydrogens is 492 g/mol. The van der Waals surface area contributed by atoms with Crippen molar-refractivity contribution in [2.24, 2.45) is 10.3 Å². The number of unbranched alkanes of at least 4 members (excludes halogenated alkanes) is 3. The van der Waals surface area contributed by atoms with Crippen molar-refractivity contribution in [1.82, 2.24) is 9.55 Å². The van der Waals surface area contributed by atoms with Crippen molar-refractivity contribution in [3.63, 3.8) is 0 Å². The van der Waals surface area contributed by atoms with Crippen molar-refractivity contribution in [1.29, 1.82) is 0 Å². The van der Waals surface area contributed by atoms with Crippen molar-refractivity contribution in [2.45, 2.75) is 52.9 Å². The zero-order chi connectivity index (χ0) is 27.6. The fourth-order valence-corrected chi connectivity index (χ4v) is 4.33. The zero-order valence-corrected chi connectivity index (χ0v) is 22.5. The summed E-state index contributed by atoms with van der Waals surface area (Å²) >= 11 is 0. The lowest BCUT2D eigenvalue weighted by Crippen LogP contribution is -2.08. The molecule has 4 aromatic rings. The number of aromatic nitrogens is 2. The van der Waals surface area contributed by atoms with E-state index < -0.39 is 11.9 Å². The third kappa shape index (κ3) is 7.04. The van der Waals surface area contributed by atoms with Crippen LogP contribution in [0.1, 0.15) is 69.7 Å². The Kier molecular flexibility index (Phi) is 9.34. The van der Waals surface area contributed by atoms with Crippen molar-refractivity contribution in [3.05, 3.63) is 95.9 Å². The van der Waals surface area contributed by atoms with Crippen LogP contribution in [0.25, 0.3) is 16.6 Å². The summed E-state index contributed by atoms with van der Waals surface area (Å²) in [6.45, 7) is 4.83. The summed E-state index contributed by atoms with van der Waals surface area (Å²) in [5.74, 6) is -0.952. The molecule has 2 aromatic heterocycles. The van der Waals surface area contributed by atoms with E-state index in [1.165, 1.54) is 13.8 Å². The van der Waals surface area contributed by atoms with Gasteiger partial charge in [0.2, 0.25) is 0 Å². The second-order valence-corrected chi connectivity index (χ2v) is 9.15. The molecule has 2 heterocycles. The molecule has 0 atom stereocenters. The van der Waals surface area contributed by atoms with E-state index in [9.17, 15) is 9.59 Å². The zero-order valence-electron chi connectivity index (χ0n) is 22.5. The molecule has 0 saturated heterocycles. The molecular formula is C31H32N4O4. The van der Waals surface area contributed by atoms with E-state index in [-0.39, 0.29) is 0 Å². The highest BCUT2D eigenvalue weighted by molar-refractivity contribution is 6.12. The van der Waals surface area contributed by atoms with Gasteiger partial charge in [-0.15, -0.1) is 0 Å². The molecule has 8 nitrogen and oxygen atoms in total. The van der Waals surface area contributed by atoms with E-state index in [2.05, 4.69) is 38.9 Å². The standard InChI is InChI=1S/C31H32N4O4/c1-4-5-6-7-13-28(33-38-22(2)36)27-21-35(30-15-9-8-12-26(27)30)25-18-16-24(17-19-25)31(34-39-23(3)37)29-14-10-11-20-32-29/h8-12,14-21H,4-7,13H2,1-3H3/b33-28+,34-31-. The van der Waals surface area contributed by atoms with E-state index in [1.54, 1.807) is 6.20 Å². The Bertz CT molecular complexity index is 1490. The lowest BCUT2D eigenvalue weighted by atomic mass is 10.0. The molecule has 0 spiro atoms. The van der Waals surface area contributed by atoms with Gasteiger partial charge in [0.15, 0.2) is 0 Å². The fourth-order valence-electron chi connectivity index (χ4n) is 4.33. The first-order valence-corrected chi connectivity index (χ1v) is 13.1. The molecule has 2 aromatic carbocycles. The number of pyridine rings is 1. The molecule has 0 aliphatic rings. The summed E-state index contributed by atoms with van der Waals surface area (Å²) in [4.78, 5) is 37.4. The summed E-state index contributed by atoms with van der Waals surface area (Å²) in [6, 6.07) is 21.3. The number of nitrogens with zero attached hydrogens (tertiary/aromatic N) is 4. The minimum atomic E-state index is -0.507. The molecule has 0 aliphatic heterocycles. The van der Waals surface area contributed by atoms with E-state index in [0.717, 1.165) is 59.1 Å². The maximum absolute atomic E-state index is 11.5. The van der Waals surface area contributed by atoms with Gasteiger partial charge >= 0.3 is 11.9 Å². The molecule has 0 fully saturated rings. The average Bonchev–Trinajstić information content (AvgIpc) is 3.33. The fraction of sp³-hybridized carbons (Fsp3) is 0.258. The highest BCUT2D eigenvalue weighted by Crippen LogP contribution is 2.27. The van der Waals surface area contributed by atoms with Crippen LogP contribution in [0.3, 0.4) is 0 Å². The van der Waals surface area contributed by atoms with Crippen LogP contribution in [0, 0.1) is 0 Å². The lowest BCUT2D eigenvalue weighted by molar-refractivity contribution is -0.141. The SMILES string of the molecule is CCCCCC/C(=N\OC(C)=O)c1cn(-c2ccc(/C(=N/OC(C)=O)c3ccccn3)cc2)c2ccccc12. The first-order chi connectivity index (χ1) is 19.0. The molecule has 0 radical (unpaired) electrons. The summed E-state index contributed by atoms with van der Waals surface area (Å²) < 4.78 is 2.09. The van der Waals surface area contributed by atoms with Gasteiger partial charge in [0.25, 0.3) is 0 Å². The van der Waals surface area contributed by atoms with Crippen molar-refractivity contribution in [2.75, 3.05) is 0 Å². The molecule has 8 heteroatoms. The quantitative estimate of drug-likeness (QED) is 0.0956. The lowest BCUT2D eigenvalue weighted by Gasteiger charge is -2.09. The van der Waals surface area contributed by atoms with Gasteiger partial charge in [-0.1, -0.05) is 72.9 Å². The van der Waals surface area contributed by atoms with Gasteiger partial charge in [-0.05, 0) is 43.2 Å². The summed E-state index contributed by atoms with van der Waals surface area (Å²) in [5.41, 5.74) is 5.41. The molecule has 0 N–H and O–H groups in total. The number of para-hydroxylation sites is 1. The number of hydrogen-bond acceptors (Lipinski definition) is 7. The Hall–Kier alpha value is -4.59. The monoisotopic (exact) mass is 524 g/mol. The van der Waals surface area contributed by atoms with E-state index in [4.69, 9.17) is 9.68 Å². The summed E-state index contributed by atoms with van der Waals surface area (Å²) in [5, 5.41) is 9.33. The molecule has 39 heavy (non-hydrogen) atoms. The van der Waals surface area contributed by atoms with Crippen molar-refractivity contribution < 1.29 is 19.3 Å². The molecule has 0 saturated carbocycles.